The summed E-state index contributed by atoms with van der Waals surface area (Å²) in [7, 11) is 0. The zero-order valence-electron chi connectivity index (χ0n) is 6.97. The second-order valence-electron chi connectivity index (χ2n) is 2.95. The van der Waals surface area contributed by atoms with Gasteiger partial charge in [0, 0.05) is 6.54 Å². The summed E-state index contributed by atoms with van der Waals surface area (Å²) in [5.41, 5.74) is -0.421. The van der Waals surface area contributed by atoms with E-state index >= 15 is 0 Å². The van der Waals surface area contributed by atoms with Crippen molar-refractivity contribution in [2.45, 2.75) is 33.3 Å². The second-order valence-corrected chi connectivity index (χ2v) is 2.95. The Morgan fingerprint density at radius 1 is 1.50 bits per heavy atom. The summed E-state index contributed by atoms with van der Waals surface area (Å²) in [4.78, 5) is 10.7. The Morgan fingerprint density at radius 2 is 2.00 bits per heavy atom. The highest BCUT2D eigenvalue weighted by atomic mass is 16.6. The smallest absolute Gasteiger partial charge is 0.429 e. The normalized spacial score (nSPS) is 10.8. The molecular weight excluding hydrogens is 130 g/mol. The van der Waals surface area contributed by atoms with E-state index in [1.807, 2.05) is 20.8 Å². The van der Waals surface area contributed by atoms with E-state index in [1.54, 1.807) is 6.92 Å². The summed E-state index contributed by atoms with van der Waals surface area (Å²) in [6.07, 6.45) is -0.477. The van der Waals surface area contributed by atoms with Gasteiger partial charge in [-0.3, -0.25) is 0 Å². The van der Waals surface area contributed by atoms with E-state index in [1.165, 1.54) is 0 Å². The molecule has 0 saturated heterocycles. The van der Waals surface area contributed by atoms with Crippen molar-refractivity contribution in [3.8, 4) is 0 Å². The van der Waals surface area contributed by atoms with Gasteiger partial charge in [-0.2, -0.15) is 0 Å². The van der Waals surface area contributed by atoms with Gasteiger partial charge in [0.1, 0.15) is 5.60 Å². The lowest BCUT2D eigenvalue weighted by Gasteiger charge is -2.18. The first-order valence-electron chi connectivity index (χ1n) is 3.36. The maximum atomic E-state index is 10.7. The van der Waals surface area contributed by atoms with Crippen LogP contribution in [0.5, 0.6) is 0 Å². The highest BCUT2D eigenvalue weighted by Gasteiger charge is 2.15. The van der Waals surface area contributed by atoms with E-state index in [-0.39, 0.29) is 0 Å². The van der Waals surface area contributed by atoms with Gasteiger partial charge < -0.3 is 4.74 Å². The van der Waals surface area contributed by atoms with Crippen molar-refractivity contribution in [3.63, 3.8) is 0 Å². The molecule has 0 N–H and O–H groups in total. The molecule has 3 heteroatoms. The van der Waals surface area contributed by atoms with Crippen molar-refractivity contribution >= 4 is 6.09 Å². The van der Waals surface area contributed by atoms with Gasteiger partial charge >= 0.3 is 6.09 Å². The van der Waals surface area contributed by atoms with Crippen LogP contribution in [-0.4, -0.2) is 18.2 Å². The minimum absolute atomic E-state index is 0.421. The summed E-state index contributed by atoms with van der Waals surface area (Å²) in [5.74, 6) is 0. The van der Waals surface area contributed by atoms with E-state index in [9.17, 15) is 4.79 Å². The summed E-state index contributed by atoms with van der Waals surface area (Å²) >= 11 is 0. The minimum Gasteiger partial charge on any atom is -0.442 e. The predicted octanol–water partition coefficient (Wildman–Crippen LogP) is 1.55. The number of hydrogen-bond acceptors (Lipinski definition) is 2. The van der Waals surface area contributed by atoms with Crippen LogP contribution in [0.1, 0.15) is 27.7 Å². The largest absolute Gasteiger partial charge is 0.442 e. The van der Waals surface area contributed by atoms with Gasteiger partial charge in [0.2, 0.25) is 0 Å². The third-order valence-electron chi connectivity index (χ3n) is 0.681. The van der Waals surface area contributed by atoms with Gasteiger partial charge in [0.25, 0.3) is 0 Å². The van der Waals surface area contributed by atoms with Crippen LogP contribution in [0, 0.1) is 0 Å². The summed E-state index contributed by atoms with van der Waals surface area (Å²) in [6, 6.07) is 0. The molecular formula is C7H14NO2. The summed E-state index contributed by atoms with van der Waals surface area (Å²) < 4.78 is 4.87. The summed E-state index contributed by atoms with van der Waals surface area (Å²) in [5, 5.41) is 3.55. The molecule has 0 rings (SSSR count). The molecule has 0 aromatic carbocycles. The lowest BCUT2D eigenvalue weighted by atomic mass is 10.2. The van der Waals surface area contributed by atoms with E-state index in [4.69, 9.17) is 4.74 Å². The molecule has 0 saturated carbocycles. The monoisotopic (exact) mass is 144 g/mol. The molecule has 0 unspecified atom stereocenters. The van der Waals surface area contributed by atoms with Crippen LogP contribution in [-0.2, 0) is 4.74 Å². The lowest BCUT2D eigenvalue weighted by molar-refractivity contribution is 0.0524. The number of carbonyl (C=O) groups is 1. The first-order chi connectivity index (χ1) is 4.45. The molecule has 1 amide bonds. The van der Waals surface area contributed by atoms with E-state index in [0.717, 1.165) is 0 Å². The highest BCUT2D eigenvalue weighted by molar-refractivity contribution is 5.67. The van der Waals surface area contributed by atoms with Gasteiger partial charge in [-0.05, 0) is 27.7 Å². The average molecular weight is 144 g/mol. The Bertz CT molecular complexity index is 115. The first-order valence-corrected chi connectivity index (χ1v) is 3.36. The van der Waals surface area contributed by atoms with E-state index < -0.39 is 11.7 Å². The Morgan fingerprint density at radius 3 is 2.30 bits per heavy atom. The van der Waals surface area contributed by atoms with Crippen LogP contribution in [0.25, 0.3) is 0 Å². The van der Waals surface area contributed by atoms with Crippen LogP contribution >= 0.6 is 0 Å². The molecule has 3 nitrogen and oxygen atoms in total. The maximum absolute atomic E-state index is 10.7. The summed E-state index contributed by atoms with van der Waals surface area (Å²) in [6.45, 7) is 7.72. The number of rotatable bonds is 1. The van der Waals surface area contributed by atoms with Crippen LogP contribution in [0.2, 0.25) is 0 Å². The molecule has 0 aliphatic rings. The van der Waals surface area contributed by atoms with Crippen molar-refractivity contribution < 1.29 is 9.53 Å². The van der Waals surface area contributed by atoms with Crippen molar-refractivity contribution in [2.75, 3.05) is 6.54 Å². The average Bonchev–Trinajstić information content (AvgIpc) is 1.59. The molecule has 0 aliphatic heterocycles. The van der Waals surface area contributed by atoms with Gasteiger partial charge in [-0.15, -0.1) is 0 Å². The number of ether oxygens (including phenoxy) is 1. The molecule has 0 spiro atoms. The Labute approximate surface area is 61.8 Å². The van der Waals surface area contributed by atoms with Crippen LogP contribution in [0.3, 0.4) is 0 Å². The maximum Gasteiger partial charge on any atom is 0.429 e. The first kappa shape index (κ1) is 9.27. The molecule has 0 bridgehead atoms. The Balaban J connectivity index is 3.58. The van der Waals surface area contributed by atoms with Gasteiger partial charge in [-0.1, -0.05) is 0 Å². The number of hydrogen-bond donors (Lipinski definition) is 0. The Hall–Kier alpha value is -0.730. The van der Waals surface area contributed by atoms with Crippen molar-refractivity contribution in [2.24, 2.45) is 0 Å². The highest BCUT2D eigenvalue weighted by Crippen LogP contribution is 2.06. The van der Waals surface area contributed by atoms with Crippen LogP contribution in [0.15, 0.2) is 0 Å². The zero-order valence-corrected chi connectivity index (χ0v) is 6.97. The topological polar surface area (TPSA) is 40.4 Å². The van der Waals surface area contributed by atoms with Gasteiger partial charge in [0.15, 0.2) is 0 Å². The van der Waals surface area contributed by atoms with Crippen LogP contribution < -0.4 is 5.32 Å². The van der Waals surface area contributed by atoms with E-state index in [2.05, 4.69) is 5.32 Å². The van der Waals surface area contributed by atoms with Crippen LogP contribution in [0.4, 0.5) is 4.79 Å². The predicted molar refractivity (Wildman–Crippen MR) is 38.9 cm³/mol. The van der Waals surface area contributed by atoms with Crippen molar-refractivity contribution in [3.05, 3.63) is 0 Å². The van der Waals surface area contributed by atoms with Crippen molar-refractivity contribution in [1.29, 1.82) is 0 Å². The standard InChI is InChI=1S/C7H14NO2/c1-5-8-6(9)10-7(2,3)4/h5H2,1-4H3. The molecule has 0 heterocycles. The minimum atomic E-state index is -0.477. The molecule has 10 heavy (non-hydrogen) atoms. The number of carbonyl (C=O) groups excluding carboxylic acids is 1. The lowest BCUT2D eigenvalue weighted by Crippen LogP contribution is -2.28. The van der Waals surface area contributed by atoms with Gasteiger partial charge in [-0.25, -0.2) is 10.1 Å². The third-order valence-corrected chi connectivity index (χ3v) is 0.681. The zero-order chi connectivity index (χ0) is 8.20. The van der Waals surface area contributed by atoms with E-state index in [0.29, 0.717) is 6.54 Å². The number of amides is 1. The third kappa shape index (κ3) is 5.41. The molecule has 0 aliphatic carbocycles. The molecule has 59 valence electrons. The fourth-order valence-corrected chi connectivity index (χ4v) is 0.423. The Kier molecular flexibility index (Phi) is 3.19. The SMILES string of the molecule is CC[N]C(=O)OC(C)(C)C. The molecule has 0 aromatic rings. The molecule has 0 fully saturated rings. The molecule has 1 radical (unpaired) electrons. The number of nitrogens with zero attached hydrogens (tertiary/aromatic N) is 1. The quantitative estimate of drug-likeness (QED) is 0.560. The second kappa shape index (κ2) is 3.44. The van der Waals surface area contributed by atoms with Gasteiger partial charge in [0.05, 0.1) is 0 Å². The van der Waals surface area contributed by atoms with Crippen molar-refractivity contribution in [1.82, 2.24) is 5.32 Å². The molecule has 0 aromatic heterocycles. The fraction of sp³-hybridized carbons (Fsp3) is 0.857. The fourth-order valence-electron chi connectivity index (χ4n) is 0.423. The molecule has 0 atom stereocenters.